The third-order valence-corrected chi connectivity index (χ3v) is 3.62. The molecule has 0 aromatic carbocycles. The molecule has 1 saturated heterocycles. The van der Waals surface area contributed by atoms with Crippen molar-refractivity contribution in [2.75, 3.05) is 19.7 Å². The highest BCUT2D eigenvalue weighted by Gasteiger charge is 2.25. The maximum atomic E-state index is 12.4. The van der Waals surface area contributed by atoms with Gasteiger partial charge in [0, 0.05) is 20.1 Å². The molecule has 0 unspecified atom stereocenters. The molecule has 1 aliphatic rings. The number of carboxylic acids is 1. The molecule has 21 heavy (non-hydrogen) atoms. The fourth-order valence-electron chi connectivity index (χ4n) is 2.51. The van der Waals surface area contributed by atoms with E-state index < -0.39 is 5.97 Å². The van der Waals surface area contributed by atoms with Crippen LogP contribution in [0.5, 0.6) is 0 Å². The highest BCUT2D eigenvalue weighted by molar-refractivity contribution is 5.92. The number of amides is 1. The van der Waals surface area contributed by atoms with Gasteiger partial charge in [-0.2, -0.15) is 5.10 Å². The van der Waals surface area contributed by atoms with Crippen molar-refractivity contribution in [1.29, 1.82) is 0 Å². The number of ether oxygens (including phenoxy) is 1. The molecular weight excluding hydrogens is 274 g/mol. The van der Waals surface area contributed by atoms with Crippen LogP contribution in [0.4, 0.5) is 0 Å². The highest BCUT2D eigenvalue weighted by atomic mass is 16.5. The fourth-order valence-corrected chi connectivity index (χ4v) is 2.51. The van der Waals surface area contributed by atoms with Crippen molar-refractivity contribution in [1.82, 2.24) is 14.7 Å². The minimum atomic E-state index is -0.853. The Morgan fingerprint density at radius 3 is 2.62 bits per heavy atom. The first-order valence-corrected chi connectivity index (χ1v) is 7.10. The molecule has 1 aromatic rings. The summed E-state index contributed by atoms with van der Waals surface area (Å²) in [6.45, 7) is 3.34. The zero-order valence-electron chi connectivity index (χ0n) is 12.4. The van der Waals surface area contributed by atoms with Crippen LogP contribution >= 0.6 is 0 Å². The molecule has 0 atom stereocenters. The summed E-state index contributed by atoms with van der Waals surface area (Å²) in [6.07, 6.45) is 1.54. The van der Waals surface area contributed by atoms with Gasteiger partial charge in [0.25, 0.3) is 5.91 Å². The Morgan fingerprint density at radius 1 is 1.43 bits per heavy atom. The first kappa shape index (κ1) is 15.5. The van der Waals surface area contributed by atoms with Crippen molar-refractivity contribution < 1.29 is 19.4 Å². The van der Waals surface area contributed by atoms with Crippen LogP contribution in [0.1, 0.15) is 35.4 Å². The molecule has 1 N–H and O–H groups in total. The van der Waals surface area contributed by atoms with Crippen LogP contribution in [0.15, 0.2) is 6.07 Å². The molecular formula is C14H21N3O4. The van der Waals surface area contributed by atoms with Crippen LogP contribution in [0, 0.1) is 6.92 Å². The van der Waals surface area contributed by atoms with E-state index in [4.69, 9.17) is 9.84 Å². The summed E-state index contributed by atoms with van der Waals surface area (Å²) >= 11 is 0. The summed E-state index contributed by atoms with van der Waals surface area (Å²) < 4.78 is 7.12. The van der Waals surface area contributed by atoms with Gasteiger partial charge in [-0.1, -0.05) is 0 Å². The average Bonchev–Trinajstić information content (AvgIpc) is 2.77. The number of carboxylic acid groups (broad SMARTS) is 1. The highest BCUT2D eigenvalue weighted by Crippen LogP contribution is 2.16. The molecule has 116 valence electrons. The van der Waals surface area contributed by atoms with Crippen molar-refractivity contribution in [3.05, 3.63) is 17.5 Å². The van der Waals surface area contributed by atoms with E-state index in [1.807, 2.05) is 6.92 Å². The number of carbonyl (C=O) groups is 2. The van der Waals surface area contributed by atoms with Crippen LogP contribution in [0.3, 0.4) is 0 Å². The van der Waals surface area contributed by atoms with E-state index in [2.05, 4.69) is 5.10 Å². The molecule has 2 rings (SSSR count). The van der Waals surface area contributed by atoms with Gasteiger partial charge < -0.3 is 14.7 Å². The van der Waals surface area contributed by atoms with Gasteiger partial charge >= 0.3 is 5.97 Å². The van der Waals surface area contributed by atoms with Crippen molar-refractivity contribution in [2.45, 2.75) is 32.3 Å². The maximum absolute atomic E-state index is 12.4. The van der Waals surface area contributed by atoms with Gasteiger partial charge in [-0.25, -0.2) is 0 Å². The summed E-state index contributed by atoms with van der Waals surface area (Å²) in [6, 6.07) is 1.79. The van der Waals surface area contributed by atoms with Gasteiger partial charge in [-0.3, -0.25) is 14.3 Å². The molecule has 0 saturated carbocycles. The van der Waals surface area contributed by atoms with E-state index in [-0.39, 0.29) is 25.0 Å². The molecule has 1 fully saturated rings. The number of aromatic nitrogens is 2. The second-order valence-corrected chi connectivity index (χ2v) is 5.30. The minimum absolute atomic E-state index is 0.0120. The zero-order chi connectivity index (χ0) is 15.4. The fraction of sp³-hybridized carbons (Fsp3) is 0.643. The quantitative estimate of drug-likeness (QED) is 0.869. The number of carbonyl (C=O) groups excluding carboxylic acids is 1. The lowest BCUT2D eigenvalue weighted by molar-refractivity contribution is -0.138. The van der Waals surface area contributed by atoms with Crippen molar-refractivity contribution in [3.63, 3.8) is 0 Å². The lowest BCUT2D eigenvalue weighted by Crippen LogP contribution is -2.41. The minimum Gasteiger partial charge on any atom is -0.481 e. The molecule has 7 heteroatoms. The lowest BCUT2D eigenvalue weighted by atomic mass is 10.1. The summed E-state index contributed by atoms with van der Waals surface area (Å²) in [7, 11) is 1.77. The Bertz CT molecular complexity index is 518. The maximum Gasteiger partial charge on any atom is 0.305 e. The number of hydrogen-bond donors (Lipinski definition) is 1. The predicted molar refractivity (Wildman–Crippen MR) is 75.1 cm³/mol. The first-order valence-electron chi connectivity index (χ1n) is 7.10. The normalized spacial score (nSPS) is 16.2. The van der Waals surface area contributed by atoms with Crippen molar-refractivity contribution in [3.8, 4) is 0 Å². The van der Waals surface area contributed by atoms with E-state index in [9.17, 15) is 9.59 Å². The first-order chi connectivity index (χ1) is 9.97. The SMILES string of the molecule is Cc1cc(C(=O)N2CCC(OCCC(=O)O)CC2)n(C)n1. The molecule has 0 radical (unpaired) electrons. The van der Waals surface area contributed by atoms with Crippen LogP contribution in [0.2, 0.25) is 0 Å². The lowest BCUT2D eigenvalue weighted by Gasteiger charge is -2.31. The number of aryl methyl sites for hydroxylation is 2. The topological polar surface area (TPSA) is 84.7 Å². The molecule has 0 bridgehead atoms. The number of aliphatic carboxylic acids is 1. The number of likely N-dealkylation sites (tertiary alicyclic amines) is 1. The zero-order valence-corrected chi connectivity index (χ0v) is 12.4. The number of rotatable bonds is 5. The number of nitrogens with zero attached hydrogens (tertiary/aromatic N) is 3. The molecule has 0 spiro atoms. The average molecular weight is 295 g/mol. The molecule has 1 aromatic heterocycles. The second-order valence-electron chi connectivity index (χ2n) is 5.30. The monoisotopic (exact) mass is 295 g/mol. The summed E-state index contributed by atoms with van der Waals surface area (Å²) in [5.41, 5.74) is 1.42. The van der Waals surface area contributed by atoms with Crippen LogP contribution < -0.4 is 0 Å². The van der Waals surface area contributed by atoms with E-state index in [0.717, 1.165) is 18.5 Å². The van der Waals surface area contributed by atoms with E-state index >= 15 is 0 Å². The Labute approximate surface area is 123 Å². The van der Waals surface area contributed by atoms with Gasteiger partial charge in [-0.15, -0.1) is 0 Å². The van der Waals surface area contributed by atoms with Gasteiger partial charge in [-0.05, 0) is 25.8 Å². The Kier molecular flexibility index (Phi) is 4.95. The third-order valence-electron chi connectivity index (χ3n) is 3.62. The molecule has 1 amide bonds. The Morgan fingerprint density at radius 2 is 2.10 bits per heavy atom. The van der Waals surface area contributed by atoms with Crippen LogP contribution in [-0.4, -0.2) is 57.5 Å². The van der Waals surface area contributed by atoms with E-state index in [1.54, 1.807) is 22.7 Å². The largest absolute Gasteiger partial charge is 0.481 e. The molecule has 2 heterocycles. The summed E-state index contributed by atoms with van der Waals surface area (Å²) in [5.74, 6) is -0.865. The van der Waals surface area contributed by atoms with Crippen molar-refractivity contribution >= 4 is 11.9 Å². The van der Waals surface area contributed by atoms with E-state index in [0.29, 0.717) is 18.8 Å². The second kappa shape index (κ2) is 6.71. The van der Waals surface area contributed by atoms with Crippen LogP contribution in [-0.2, 0) is 16.6 Å². The number of piperidine rings is 1. The van der Waals surface area contributed by atoms with E-state index in [1.165, 1.54) is 0 Å². The molecule has 1 aliphatic heterocycles. The summed E-state index contributed by atoms with van der Waals surface area (Å²) in [4.78, 5) is 24.6. The van der Waals surface area contributed by atoms with Gasteiger partial charge in [0.1, 0.15) is 5.69 Å². The smallest absolute Gasteiger partial charge is 0.305 e. The van der Waals surface area contributed by atoms with Crippen LogP contribution in [0.25, 0.3) is 0 Å². The Hall–Kier alpha value is -1.89. The van der Waals surface area contributed by atoms with Gasteiger partial charge in [0.05, 0.1) is 24.8 Å². The molecule has 7 nitrogen and oxygen atoms in total. The molecule has 0 aliphatic carbocycles. The van der Waals surface area contributed by atoms with Gasteiger partial charge in [0.15, 0.2) is 0 Å². The third kappa shape index (κ3) is 4.04. The number of hydrogen-bond acceptors (Lipinski definition) is 4. The predicted octanol–water partition coefficient (Wildman–Crippen LogP) is 0.824. The standard InChI is InChI=1S/C14H21N3O4/c1-10-9-12(16(2)15-10)14(20)17-6-3-11(4-7-17)21-8-5-13(18)19/h9,11H,3-8H2,1-2H3,(H,18,19). The Balaban J connectivity index is 1.82. The summed E-state index contributed by atoms with van der Waals surface area (Å²) in [5, 5.41) is 12.8. The van der Waals surface area contributed by atoms with Gasteiger partial charge in [0.2, 0.25) is 0 Å². The van der Waals surface area contributed by atoms with Crippen molar-refractivity contribution in [2.24, 2.45) is 7.05 Å².